The molecule has 0 bridgehead atoms. The van der Waals surface area contributed by atoms with Gasteiger partial charge in [-0.15, -0.1) is 5.10 Å². The van der Waals surface area contributed by atoms with E-state index >= 15 is 0 Å². The molecule has 0 unspecified atom stereocenters. The maximum absolute atomic E-state index is 13.1. The Morgan fingerprint density at radius 1 is 1.03 bits per heavy atom. The normalized spacial score (nSPS) is 15.7. The number of carbonyl (C=O) groups is 1. The number of hydrogen-bond acceptors (Lipinski definition) is 5. The zero-order chi connectivity index (χ0) is 24.1. The van der Waals surface area contributed by atoms with E-state index in [-0.39, 0.29) is 5.91 Å². The van der Waals surface area contributed by atoms with E-state index < -0.39 is 0 Å². The quantitative estimate of drug-likeness (QED) is 0.415. The number of pyridine rings is 1. The summed E-state index contributed by atoms with van der Waals surface area (Å²) in [7, 11) is 0. The number of nitrogens with one attached hydrogen (secondary N) is 1. The molecule has 35 heavy (non-hydrogen) atoms. The number of nitrogens with zero attached hydrogens (tertiary/aromatic N) is 6. The molecule has 3 aromatic heterocycles. The average molecular weight is 468 g/mol. The summed E-state index contributed by atoms with van der Waals surface area (Å²) in [5.74, 6) is 0.0600. The lowest BCUT2D eigenvalue weighted by atomic mass is 9.93. The van der Waals surface area contributed by atoms with Gasteiger partial charge in [-0.3, -0.25) is 14.5 Å². The summed E-state index contributed by atoms with van der Waals surface area (Å²) in [4.78, 5) is 17.3. The Labute approximate surface area is 204 Å². The van der Waals surface area contributed by atoms with Crippen molar-refractivity contribution in [2.24, 2.45) is 0 Å². The molecule has 1 aromatic carbocycles. The highest BCUT2D eigenvalue weighted by Gasteiger charge is 2.34. The van der Waals surface area contributed by atoms with Gasteiger partial charge in [0.05, 0.1) is 23.1 Å². The fourth-order valence-electron chi connectivity index (χ4n) is 5.02. The molecule has 178 valence electrons. The number of amides is 1. The fraction of sp³-hybridized carbons (Fsp3) is 0.370. The SMILES string of the molecule is Cc1cc(NC(=O)c2nnn(-c3ccc(-c4c(C)nn(C5CCC5)c4C)cc3)c2C2CC2)ccn1. The number of rotatable bonds is 6. The molecule has 0 atom stereocenters. The van der Waals surface area contributed by atoms with Crippen molar-refractivity contribution in [1.82, 2.24) is 29.8 Å². The van der Waals surface area contributed by atoms with Gasteiger partial charge in [-0.05, 0) is 82.7 Å². The maximum Gasteiger partial charge on any atom is 0.278 e. The number of aromatic nitrogens is 6. The van der Waals surface area contributed by atoms with E-state index in [0.29, 0.717) is 23.3 Å². The largest absolute Gasteiger partial charge is 0.320 e. The zero-order valence-electron chi connectivity index (χ0n) is 20.3. The van der Waals surface area contributed by atoms with E-state index in [4.69, 9.17) is 5.10 Å². The Morgan fingerprint density at radius 2 is 1.80 bits per heavy atom. The van der Waals surface area contributed by atoms with Crippen LogP contribution in [0.15, 0.2) is 42.6 Å². The lowest BCUT2D eigenvalue weighted by Gasteiger charge is -2.27. The molecule has 4 aromatic rings. The topological polar surface area (TPSA) is 90.5 Å². The van der Waals surface area contributed by atoms with E-state index in [1.165, 1.54) is 30.5 Å². The van der Waals surface area contributed by atoms with Crippen molar-refractivity contribution in [3.63, 3.8) is 0 Å². The van der Waals surface area contributed by atoms with Gasteiger partial charge in [0, 0.05) is 34.8 Å². The molecule has 2 saturated carbocycles. The van der Waals surface area contributed by atoms with Crippen LogP contribution in [0.5, 0.6) is 0 Å². The minimum atomic E-state index is -0.241. The number of anilines is 1. The van der Waals surface area contributed by atoms with E-state index in [1.807, 2.05) is 17.7 Å². The van der Waals surface area contributed by atoms with Gasteiger partial charge in [0.25, 0.3) is 5.91 Å². The molecule has 2 aliphatic rings. The van der Waals surface area contributed by atoms with Gasteiger partial charge in [0.15, 0.2) is 5.69 Å². The van der Waals surface area contributed by atoms with Crippen molar-refractivity contribution in [3.05, 3.63) is 71.1 Å². The molecule has 0 spiro atoms. The molecule has 2 aliphatic carbocycles. The zero-order valence-corrected chi connectivity index (χ0v) is 20.3. The van der Waals surface area contributed by atoms with Crippen LogP contribution in [0.3, 0.4) is 0 Å². The van der Waals surface area contributed by atoms with Crippen LogP contribution in [0, 0.1) is 20.8 Å². The molecule has 1 N–H and O–H groups in total. The Kier molecular flexibility index (Phi) is 5.24. The molecular weight excluding hydrogens is 438 g/mol. The summed E-state index contributed by atoms with van der Waals surface area (Å²) in [5, 5.41) is 16.5. The standard InChI is InChI=1S/C27H29N7O/c1-16-15-21(13-14-28-16)29-27(35)25-26(20-7-8-20)34(32-30-25)23-11-9-19(10-12-23)24-17(2)31-33(18(24)3)22-5-4-6-22/h9-15,20,22H,4-8H2,1-3H3,(H,28,29,35). The minimum Gasteiger partial charge on any atom is -0.320 e. The highest BCUT2D eigenvalue weighted by molar-refractivity contribution is 6.03. The summed E-state index contributed by atoms with van der Waals surface area (Å²) in [6.45, 7) is 6.15. The van der Waals surface area contributed by atoms with Crippen molar-refractivity contribution in [3.8, 4) is 16.8 Å². The lowest BCUT2D eigenvalue weighted by molar-refractivity contribution is 0.102. The van der Waals surface area contributed by atoms with Gasteiger partial charge >= 0.3 is 0 Å². The molecule has 3 heterocycles. The Hall–Kier alpha value is -3.81. The van der Waals surface area contributed by atoms with Crippen LogP contribution in [0.25, 0.3) is 16.8 Å². The van der Waals surface area contributed by atoms with Gasteiger partial charge in [0.1, 0.15) is 0 Å². The Balaban J connectivity index is 1.30. The molecule has 8 nitrogen and oxygen atoms in total. The molecule has 8 heteroatoms. The first-order valence-electron chi connectivity index (χ1n) is 12.4. The molecular formula is C27H29N7O. The minimum absolute atomic E-state index is 0.241. The molecule has 0 saturated heterocycles. The highest BCUT2D eigenvalue weighted by Crippen LogP contribution is 2.42. The summed E-state index contributed by atoms with van der Waals surface area (Å²) in [6, 6.07) is 12.5. The van der Waals surface area contributed by atoms with Crippen LogP contribution in [0.2, 0.25) is 0 Å². The third kappa shape index (κ3) is 3.92. The second kappa shape index (κ2) is 8.45. The average Bonchev–Trinajstić information content (AvgIpc) is 3.48. The number of aryl methyl sites for hydroxylation is 2. The van der Waals surface area contributed by atoms with Crippen LogP contribution >= 0.6 is 0 Å². The van der Waals surface area contributed by atoms with Gasteiger partial charge in [0.2, 0.25) is 0 Å². The second-order valence-electron chi connectivity index (χ2n) is 9.77. The monoisotopic (exact) mass is 467 g/mol. The van der Waals surface area contributed by atoms with Crippen molar-refractivity contribution in [2.75, 3.05) is 5.32 Å². The summed E-state index contributed by atoms with van der Waals surface area (Å²) in [5.41, 5.74) is 8.37. The molecule has 2 fully saturated rings. The van der Waals surface area contributed by atoms with E-state index in [2.05, 4.69) is 63.4 Å². The Bertz CT molecular complexity index is 1410. The van der Waals surface area contributed by atoms with E-state index in [9.17, 15) is 4.79 Å². The van der Waals surface area contributed by atoms with Crippen LogP contribution in [0.1, 0.15) is 77.3 Å². The molecule has 0 aliphatic heterocycles. The van der Waals surface area contributed by atoms with Gasteiger partial charge in [-0.2, -0.15) is 5.10 Å². The predicted octanol–water partition coefficient (Wildman–Crippen LogP) is 5.31. The molecule has 0 radical (unpaired) electrons. The summed E-state index contributed by atoms with van der Waals surface area (Å²) < 4.78 is 4.03. The first-order valence-corrected chi connectivity index (χ1v) is 12.4. The lowest BCUT2D eigenvalue weighted by Crippen LogP contribution is -2.19. The maximum atomic E-state index is 13.1. The summed E-state index contributed by atoms with van der Waals surface area (Å²) in [6.07, 6.45) is 7.49. The first-order chi connectivity index (χ1) is 17.0. The van der Waals surface area contributed by atoms with Crippen LogP contribution in [0.4, 0.5) is 5.69 Å². The second-order valence-corrected chi connectivity index (χ2v) is 9.77. The van der Waals surface area contributed by atoms with Crippen LogP contribution < -0.4 is 5.32 Å². The first kappa shape index (κ1) is 21.7. The van der Waals surface area contributed by atoms with Crippen molar-refractivity contribution in [2.45, 2.75) is 64.8 Å². The van der Waals surface area contributed by atoms with Crippen molar-refractivity contribution >= 4 is 11.6 Å². The Morgan fingerprint density at radius 3 is 2.46 bits per heavy atom. The fourth-order valence-corrected chi connectivity index (χ4v) is 5.02. The summed E-state index contributed by atoms with van der Waals surface area (Å²) >= 11 is 0. The smallest absolute Gasteiger partial charge is 0.278 e. The van der Waals surface area contributed by atoms with Gasteiger partial charge in [-0.1, -0.05) is 17.3 Å². The number of benzene rings is 1. The molecule has 1 amide bonds. The van der Waals surface area contributed by atoms with Crippen molar-refractivity contribution in [1.29, 1.82) is 0 Å². The van der Waals surface area contributed by atoms with E-state index in [1.54, 1.807) is 12.3 Å². The third-order valence-corrected chi connectivity index (χ3v) is 7.18. The predicted molar refractivity (Wildman–Crippen MR) is 134 cm³/mol. The third-order valence-electron chi connectivity index (χ3n) is 7.18. The van der Waals surface area contributed by atoms with Crippen LogP contribution in [-0.2, 0) is 0 Å². The van der Waals surface area contributed by atoms with Gasteiger partial charge in [-0.25, -0.2) is 4.68 Å². The number of carbonyl (C=O) groups excluding carboxylic acids is 1. The highest BCUT2D eigenvalue weighted by atomic mass is 16.2. The molecule has 6 rings (SSSR count). The van der Waals surface area contributed by atoms with Gasteiger partial charge < -0.3 is 5.32 Å². The van der Waals surface area contributed by atoms with Crippen LogP contribution in [-0.4, -0.2) is 35.7 Å². The van der Waals surface area contributed by atoms with E-state index in [0.717, 1.165) is 41.2 Å². The van der Waals surface area contributed by atoms with Crippen molar-refractivity contribution < 1.29 is 4.79 Å². The number of hydrogen-bond donors (Lipinski definition) is 1.